The summed E-state index contributed by atoms with van der Waals surface area (Å²) in [5.74, 6) is -0.845. The Labute approximate surface area is 169 Å². The average Bonchev–Trinajstić information content (AvgIpc) is 3.01. The Morgan fingerprint density at radius 3 is 2.59 bits per heavy atom. The van der Waals surface area contributed by atoms with Crippen molar-refractivity contribution in [3.63, 3.8) is 0 Å². The van der Waals surface area contributed by atoms with Crippen LogP contribution in [0.5, 0.6) is 5.88 Å². The number of nitrogens with zero attached hydrogens (tertiary/aromatic N) is 2. The minimum atomic E-state index is -0.577. The maximum absolute atomic E-state index is 13.3. The predicted molar refractivity (Wildman–Crippen MR) is 110 cm³/mol. The molecule has 0 bridgehead atoms. The summed E-state index contributed by atoms with van der Waals surface area (Å²) >= 11 is 0. The number of furan rings is 1. The number of aryl methyl sites for hydroxylation is 2. The van der Waals surface area contributed by atoms with Crippen molar-refractivity contribution in [1.82, 2.24) is 4.57 Å². The smallest absolute Gasteiger partial charge is 0.271 e. The number of aromatic nitrogens is 1. The van der Waals surface area contributed by atoms with E-state index in [2.05, 4.69) is 0 Å². The Morgan fingerprint density at radius 1 is 1.21 bits per heavy atom. The van der Waals surface area contributed by atoms with Crippen LogP contribution >= 0.6 is 0 Å². The minimum absolute atomic E-state index is 0.0588. The molecule has 0 unspecified atom stereocenters. The van der Waals surface area contributed by atoms with Gasteiger partial charge in [0.05, 0.1) is 5.56 Å². The van der Waals surface area contributed by atoms with Gasteiger partial charge in [0.1, 0.15) is 17.2 Å². The lowest BCUT2D eigenvalue weighted by Crippen LogP contribution is -2.27. The summed E-state index contributed by atoms with van der Waals surface area (Å²) in [6.45, 7) is 7.51. The van der Waals surface area contributed by atoms with Crippen LogP contribution in [0.3, 0.4) is 0 Å². The summed E-state index contributed by atoms with van der Waals surface area (Å²) in [5.41, 5.74) is 1.68. The summed E-state index contributed by atoms with van der Waals surface area (Å²) in [7, 11) is 0. The van der Waals surface area contributed by atoms with Crippen molar-refractivity contribution >= 4 is 16.8 Å². The van der Waals surface area contributed by atoms with Crippen LogP contribution in [0.1, 0.15) is 64.6 Å². The zero-order valence-corrected chi connectivity index (χ0v) is 17.1. The molecule has 1 N–H and O–H groups in total. The van der Waals surface area contributed by atoms with E-state index in [0.29, 0.717) is 17.6 Å². The van der Waals surface area contributed by atoms with Crippen molar-refractivity contribution in [3.8, 4) is 11.9 Å². The Balaban J connectivity index is 2.21. The molecule has 0 fully saturated rings. The first kappa shape index (κ1) is 20.4. The molecule has 0 saturated heterocycles. The number of ketones is 1. The van der Waals surface area contributed by atoms with Crippen molar-refractivity contribution in [2.75, 3.05) is 0 Å². The van der Waals surface area contributed by atoms with Crippen LogP contribution in [0, 0.1) is 32.1 Å². The van der Waals surface area contributed by atoms with Gasteiger partial charge in [0.25, 0.3) is 5.56 Å². The van der Waals surface area contributed by atoms with Crippen LogP contribution < -0.4 is 5.56 Å². The number of hydrogen-bond donors (Lipinski definition) is 1. The van der Waals surface area contributed by atoms with E-state index in [-0.39, 0.29) is 29.0 Å². The van der Waals surface area contributed by atoms with Crippen molar-refractivity contribution in [3.05, 3.63) is 62.1 Å². The van der Waals surface area contributed by atoms with Gasteiger partial charge in [-0.25, -0.2) is 0 Å². The zero-order chi connectivity index (χ0) is 21.3. The van der Waals surface area contributed by atoms with Crippen LogP contribution in [-0.4, -0.2) is 15.5 Å². The van der Waals surface area contributed by atoms with Crippen molar-refractivity contribution in [1.29, 1.82) is 5.26 Å². The number of rotatable bonds is 6. The van der Waals surface area contributed by atoms with Crippen molar-refractivity contribution in [2.24, 2.45) is 0 Å². The highest BCUT2D eigenvalue weighted by Crippen LogP contribution is 2.31. The molecule has 0 aliphatic heterocycles. The fourth-order valence-corrected chi connectivity index (χ4v) is 3.61. The monoisotopic (exact) mass is 392 g/mol. The molecule has 3 aromatic rings. The number of carbonyl (C=O) groups is 1. The molecule has 0 amide bonds. The fraction of sp³-hybridized carbons (Fsp3) is 0.348. The number of fused-ring (bicyclic) bond motifs is 1. The Kier molecular flexibility index (Phi) is 5.60. The molecule has 29 heavy (non-hydrogen) atoms. The fourth-order valence-electron chi connectivity index (χ4n) is 3.61. The molecule has 150 valence electrons. The maximum Gasteiger partial charge on any atom is 0.271 e. The first-order valence-corrected chi connectivity index (χ1v) is 9.72. The highest BCUT2D eigenvalue weighted by Gasteiger charge is 2.28. The molecule has 1 aromatic carbocycles. The second-order valence-electron chi connectivity index (χ2n) is 7.36. The quantitative estimate of drug-likeness (QED) is 0.491. The van der Waals surface area contributed by atoms with E-state index in [9.17, 15) is 20.0 Å². The van der Waals surface area contributed by atoms with Gasteiger partial charge >= 0.3 is 0 Å². The molecular formula is C23H24N2O4. The molecule has 0 spiro atoms. The topological polar surface area (TPSA) is 96.2 Å². The number of nitriles is 1. The molecule has 0 radical (unpaired) electrons. The van der Waals surface area contributed by atoms with Gasteiger partial charge in [-0.2, -0.15) is 5.26 Å². The van der Waals surface area contributed by atoms with E-state index in [0.717, 1.165) is 28.4 Å². The van der Waals surface area contributed by atoms with E-state index in [1.165, 1.54) is 6.92 Å². The van der Waals surface area contributed by atoms with E-state index in [1.807, 2.05) is 32.0 Å². The van der Waals surface area contributed by atoms with E-state index in [1.54, 1.807) is 13.0 Å². The largest absolute Gasteiger partial charge is 0.494 e. The summed E-state index contributed by atoms with van der Waals surface area (Å²) in [5, 5.41) is 21.1. The van der Waals surface area contributed by atoms with Crippen LogP contribution in [-0.2, 0) is 6.54 Å². The molecular weight excluding hydrogens is 368 g/mol. The lowest BCUT2D eigenvalue weighted by atomic mass is 9.98. The van der Waals surface area contributed by atoms with E-state index < -0.39 is 17.2 Å². The predicted octanol–water partition coefficient (Wildman–Crippen LogP) is 4.52. The van der Waals surface area contributed by atoms with Crippen LogP contribution in [0.4, 0.5) is 0 Å². The van der Waals surface area contributed by atoms with Crippen LogP contribution in [0.15, 0.2) is 27.4 Å². The van der Waals surface area contributed by atoms with Gasteiger partial charge in [-0.1, -0.05) is 31.4 Å². The summed E-state index contributed by atoms with van der Waals surface area (Å²) < 4.78 is 6.91. The lowest BCUT2D eigenvalue weighted by Gasteiger charge is -2.15. The van der Waals surface area contributed by atoms with Crippen molar-refractivity contribution < 1.29 is 14.3 Å². The highest BCUT2D eigenvalue weighted by molar-refractivity contribution is 6.12. The second-order valence-corrected chi connectivity index (χ2v) is 7.36. The molecule has 2 aromatic heterocycles. The van der Waals surface area contributed by atoms with Gasteiger partial charge in [-0.3, -0.25) is 14.2 Å². The normalized spacial score (nSPS) is 11.0. The minimum Gasteiger partial charge on any atom is -0.494 e. The third kappa shape index (κ3) is 3.44. The van der Waals surface area contributed by atoms with Gasteiger partial charge in [-0.15, -0.1) is 0 Å². The molecule has 0 saturated carbocycles. The molecule has 0 aliphatic carbocycles. The third-order valence-corrected chi connectivity index (χ3v) is 5.31. The summed E-state index contributed by atoms with van der Waals surface area (Å²) in [6, 6.07) is 7.52. The zero-order valence-electron chi connectivity index (χ0n) is 17.1. The molecule has 6 nitrogen and oxygen atoms in total. The number of unbranched alkanes of at least 4 members (excludes halogenated alkanes) is 2. The first-order valence-electron chi connectivity index (χ1n) is 9.72. The average molecular weight is 392 g/mol. The highest BCUT2D eigenvalue weighted by atomic mass is 16.3. The summed E-state index contributed by atoms with van der Waals surface area (Å²) in [4.78, 5) is 26.0. The van der Waals surface area contributed by atoms with Gasteiger partial charge in [0, 0.05) is 17.5 Å². The lowest BCUT2D eigenvalue weighted by molar-refractivity contribution is 0.100. The number of hydrogen-bond acceptors (Lipinski definition) is 5. The standard InChI is InChI=1S/C23H24N2O4/c1-5-6-7-10-25-22(27)17(12-24)14(3)19(23(25)28)20(26)21-15(4)16-11-13(2)8-9-18(16)29-21/h8-9,11,28H,5-7,10H2,1-4H3. The van der Waals surface area contributed by atoms with Gasteiger partial charge in [0.2, 0.25) is 11.7 Å². The van der Waals surface area contributed by atoms with Gasteiger partial charge < -0.3 is 9.52 Å². The molecule has 2 heterocycles. The Bertz CT molecular complexity index is 1210. The number of pyridine rings is 1. The van der Waals surface area contributed by atoms with Crippen LogP contribution in [0.25, 0.3) is 11.0 Å². The number of carbonyl (C=O) groups excluding carboxylic acids is 1. The Morgan fingerprint density at radius 2 is 1.93 bits per heavy atom. The molecule has 0 aliphatic rings. The SMILES string of the molecule is CCCCCn1c(O)c(C(=O)c2oc3ccc(C)cc3c2C)c(C)c(C#N)c1=O. The number of benzene rings is 1. The van der Waals surface area contributed by atoms with Crippen LogP contribution in [0.2, 0.25) is 0 Å². The second kappa shape index (κ2) is 7.96. The van der Waals surface area contributed by atoms with E-state index >= 15 is 0 Å². The molecule has 3 rings (SSSR count). The third-order valence-electron chi connectivity index (χ3n) is 5.31. The Hall–Kier alpha value is -3.33. The van der Waals surface area contributed by atoms with Crippen molar-refractivity contribution in [2.45, 2.75) is 53.5 Å². The summed E-state index contributed by atoms with van der Waals surface area (Å²) in [6.07, 6.45) is 2.47. The van der Waals surface area contributed by atoms with Gasteiger partial charge in [0.15, 0.2) is 5.76 Å². The first-order chi connectivity index (χ1) is 13.8. The van der Waals surface area contributed by atoms with Gasteiger partial charge in [-0.05, 0) is 44.9 Å². The van der Waals surface area contributed by atoms with E-state index in [4.69, 9.17) is 4.42 Å². The molecule has 6 heteroatoms. The molecule has 0 atom stereocenters. The number of aromatic hydroxyl groups is 1. The maximum atomic E-state index is 13.3.